The highest BCUT2D eigenvalue weighted by atomic mass is 32.2. The minimum Gasteiger partial charge on any atom is -0.496 e. The average molecular weight is 328 g/mol. The van der Waals surface area contributed by atoms with Crippen LogP contribution in [0, 0.1) is 0 Å². The molecule has 2 aromatic rings. The van der Waals surface area contributed by atoms with Crippen molar-refractivity contribution in [3.05, 3.63) is 65.2 Å². The fourth-order valence-corrected chi connectivity index (χ4v) is 2.54. The van der Waals surface area contributed by atoms with E-state index in [1.807, 2.05) is 12.3 Å². The van der Waals surface area contributed by atoms with Crippen molar-refractivity contribution in [3.63, 3.8) is 0 Å². The van der Waals surface area contributed by atoms with Gasteiger partial charge in [-0.15, -0.1) is 11.8 Å². The Balaban J connectivity index is 2.16. The molecule has 23 heavy (non-hydrogen) atoms. The third-order valence-corrected chi connectivity index (χ3v) is 4.03. The maximum atomic E-state index is 12.2. The van der Waals surface area contributed by atoms with Crippen LogP contribution in [0.4, 0.5) is 0 Å². The van der Waals surface area contributed by atoms with Crippen molar-refractivity contribution in [1.29, 1.82) is 0 Å². The molecule has 2 rings (SSSR count). The molecule has 0 bridgehead atoms. The Labute approximate surface area is 138 Å². The molecule has 0 aliphatic rings. The van der Waals surface area contributed by atoms with Crippen LogP contribution in [0.3, 0.4) is 0 Å². The molecule has 0 atom stereocenters. The monoisotopic (exact) mass is 328 g/mol. The van der Waals surface area contributed by atoms with Gasteiger partial charge in [-0.05, 0) is 48.2 Å². The van der Waals surface area contributed by atoms with E-state index >= 15 is 0 Å². The molecule has 2 aromatic carbocycles. The Morgan fingerprint density at radius 1 is 1.09 bits per heavy atom. The van der Waals surface area contributed by atoms with Gasteiger partial charge in [0.1, 0.15) is 5.75 Å². The molecule has 0 heterocycles. The predicted molar refractivity (Wildman–Crippen MR) is 91.5 cm³/mol. The lowest BCUT2D eigenvalue weighted by atomic mass is 10.1. The topological polar surface area (TPSA) is 63.6 Å². The lowest BCUT2D eigenvalue weighted by Gasteiger charge is -2.07. The zero-order chi connectivity index (χ0) is 16.8. The number of ether oxygens (including phenoxy) is 1. The molecule has 0 aromatic heterocycles. The van der Waals surface area contributed by atoms with Crippen LogP contribution in [-0.2, 0) is 0 Å². The van der Waals surface area contributed by atoms with Crippen molar-refractivity contribution in [2.45, 2.75) is 4.90 Å². The summed E-state index contributed by atoms with van der Waals surface area (Å²) in [7, 11) is 1.57. The van der Waals surface area contributed by atoms with Gasteiger partial charge in [-0.3, -0.25) is 4.79 Å². The molecule has 0 fully saturated rings. The Hall–Kier alpha value is -2.53. The van der Waals surface area contributed by atoms with E-state index in [2.05, 4.69) is 0 Å². The lowest BCUT2D eigenvalue weighted by molar-refractivity contribution is 0.0696. The second-order valence-electron chi connectivity index (χ2n) is 4.69. The van der Waals surface area contributed by atoms with E-state index in [1.165, 1.54) is 18.2 Å². The maximum Gasteiger partial charge on any atom is 0.335 e. The number of thioether (sulfide) groups is 1. The van der Waals surface area contributed by atoms with Crippen molar-refractivity contribution in [2.24, 2.45) is 0 Å². The zero-order valence-electron chi connectivity index (χ0n) is 12.8. The lowest BCUT2D eigenvalue weighted by Crippen LogP contribution is -1.97. The van der Waals surface area contributed by atoms with Crippen LogP contribution in [0.15, 0.2) is 53.4 Å². The van der Waals surface area contributed by atoms with Crippen LogP contribution < -0.4 is 4.74 Å². The molecule has 0 aliphatic heterocycles. The molecule has 0 spiro atoms. The number of carbonyl (C=O) groups is 2. The third kappa shape index (κ3) is 4.23. The number of aromatic carboxylic acids is 1. The first-order chi connectivity index (χ1) is 11.0. The quantitative estimate of drug-likeness (QED) is 0.493. The standard InChI is InChI=1S/C18H16O4S/c1-22-16-11-14(8-10-17(16)23-2)15(19)9-5-12-3-6-13(7-4-12)18(20)21/h3-11H,1-2H3,(H,20,21)/b9-5+. The van der Waals surface area contributed by atoms with E-state index in [9.17, 15) is 9.59 Å². The largest absolute Gasteiger partial charge is 0.496 e. The molecule has 0 radical (unpaired) electrons. The van der Waals surface area contributed by atoms with Crippen LogP contribution in [0.1, 0.15) is 26.3 Å². The van der Waals surface area contributed by atoms with Crippen molar-refractivity contribution in [2.75, 3.05) is 13.4 Å². The van der Waals surface area contributed by atoms with Crippen LogP contribution in [0.5, 0.6) is 5.75 Å². The summed E-state index contributed by atoms with van der Waals surface area (Å²) in [5.74, 6) is -0.446. The number of rotatable bonds is 6. The van der Waals surface area contributed by atoms with Gasteiger partial charge in [0, 0.05) is 10.5 Å². The van der Waals surface area contributed by atoms with Gasteiger partial charge < -0.3 is 9.84 Å². The Morgan fingerprint density at radius 3 is 2.30 bits per heavy atom. The Kier molecular flexibility index (Phi) is 5.60. The molecule has 0 saturated heterocycles. The van der Waals surface area contributed by atoms with Gasteiger partial charge in [-0.2, -0.15) is 0 Å². The highest BCUT2D eigenvalue weighted by Gasteiger charge is 2.08. The van der Waals surface area contributed by atoms with Crippen LogP contribution >= 0.6 is 11.8 Å². The molecule has 1 N–H and O–H groups in total. The molecule has 4 nitrogen and oxygen atoms in total. The van der Waals surface area contributed by atoms with Crippen molar-refractivity contribution in [1.82, 2.24) is 0 Å². The van der Waals surface area contributed by atoms with Gasteiger partial charge >= 0.3 is 5.97 Å². The summed E-state index contributed by atoms with van der Waals surface area (Å²) in [5, 5.41) is 8.85. The molecular formula is C18H16O4S. The number of carboxylic acid groups (broad SMARTS) is 1. The molecule has 0 amide bonds. The van der Waals surface area contributed by atoms with Gasteiger partial charge in [-0.25, -0.2) is 4.79 Å². The van der Waals surface area contributed by atoms with Gasteiger partial charge in [0.15, 0.2) is 5.78 Å². The minimum atomic E-state index is -0.974. The number of allylic oxidation sites excluding steroid dienone is 1. The minimum absolute atomic E-state index is 0.140. The number of hydrogen-bond donors (Lipinski definition) is 1. The smallest absolute Gasteiger partial charge is 0.335 e. The van der Waals surface area contributed by atoms with Crippen molar-refractivity contribution < 1.29 is 19.4 Å². The second-order valence-corrected chi connectivity index (χ2v) is 5.54. The predicted octanol–water partition coefficient (Wildman–Crippen LogP) is 4.01. The summed E-state index contributed by atoms with van der Waals surface area (Å²) in [4.78, 5) is 24.0. The first kappa shape index (κ1) is 16.8. The number of carboxylic acids is 1. The highest BCUT2D eigenvalue weighted by Crippen LogP contribution is 2.28. The Bertz CT molecular complexity index is 748. The SMILES string of the molecule is COc1cc(C(=O)/C=C/c2ccc(C(=O)O)cc2)ccc1SC. The van der Waals surface area contributed by atoms with Gasteiger partial charge in [-0.1, -0.05) is 18.2 Å². The number of benzene rings is 2. The summed E-state index contributed by atoms with van der Waals surface area (Å²) in [6, 6.07) is 11.6. The molecule has 118 valence electrons. The van der Waals surface area contributed by atoms with E-state index < -0.39 is 5.97 Å². The fraction of sp³-hybridized carbons (Fsp3) is 0.111. The van der Waals surface area contributed by atoms with E-state index in [0.717, 1.165) is 10.5 Å². The number of carbonyl (C=O) groups excluding carboxylic acids is 1. The van der Waals surface area contributed by atoms with E-state index in [4.69, 9.17) is 9.84 Å². The molecular weight excluding hydrogens is 312 g/mol. The van der Waals surface area contributed by atoms with Crippen LogP contribution in [-0.4, -0.2) is 30.2 Å². The van der Waals surface area contributed by atoms with Gasteiger partial charge in [0.05, 0.1) is 12.7 Å². The van der Waals surface area contributed by atoms with E-state index in [-0.39, 0.29) is 11.3 Å². The average Bonchev–Trinajstić information content (AvgIpc) is 2.59. The van der Waals surface area contributed by atoms with E-state index in [1.54, 1.807) is 49.2 Å². The molecule has 5 heteroatoms. The van der Waals surface area contributed by atoms with Gasteiger partial charge in [0.2, 0.25) is 0 Å². The summed E-state index contributed by atoms with van der Waals surface area (Å²) < 4.78 is 5.27. The van der Waals surface area contributed by atoms with Crippen molar-refractivity contribution in [3.8, 4) is 5.75 Å². The molecule has 0 saturated carbocycles. The summed E-state index contributed by atoms with van der Waals surface area (Å²) >= 11 is 1.55. The zero-order valence-corrected chi connectivity index (χ0v) is 13.6. The molecule has 0 aliphatic carbocycles. The molecule has 0 unspecified atom stereocenters. The number of ketones is 1. The summed E-state index contributed by atoms with van der Waals surface area (Å²) in [6.07, 6.45) is 5.06. The first-order valence-electron chi connectivity index (χ1n) is 6.83. The number of methoxy groups -OCH3 is 1. The van der Waals surface area contributed by atoms with Gasteiger partial charge in [0.25, 0.3) is 0 Å². The normalized spacial score (nSPS) is 10.7. The number of hydrogen-bond acceptors (Lipinski definition) is 4. The maximum absolute atomic E-state index is 12.2. The van der Waals surface area contributed by atoms with Crippen molar-refractivity contribution >= 4 is 29.6 Å². The van der Waals surface area contributed by atoms with Crippen LogP contribution in [0.25, 0.3) is 6.08 Å². The Morgan fingerprint density at radius 2 is 1.74 bits per heavy atom. The third-order valence-electron chi connectivity index (χ3n) is 3.25. The summed E-state index contributed by atoms with van der Waals surface area (Å²) in [5.41, 5.74) is 1.51. The van der Waals surface area contributed by atoms with E-state index in [0.29, 0.717) is 11.3 Å². The first-order valence-corrected chi connectivity index (χ1v) is 8.05. The fourth-order valence-electron chi connectivity index (χ4n) is 1.99. The highest BCUT2D eigenvalue weighted by molar-refractivity contribution is 7.98. The summed E-state index contributed by atoms with van der Waals surface area (Å²) in [6.45, 7) is 0. The van der Waals surface area contributed by atoms with Crippen LogP contribution in [0.2, 0.25) is 0 Å². The second kappa shape index (κ2) is 7.65.